The van der Waals surface area contributed by atoms with Gasteiger partial charge in [0.2, 0.25) is 0 Å². The van der Waals surface area contributed by atoms with Crippen molar-refractivity contribution in [3.05, 3.63) is 11.1 Å². The number of rotatable bonds is 5. The quantitative estimate of drug-likeness (QED) is 0.389. The van der Waals surface area contributed by atoms with Crippen LogP contribution >= 0.6 is 0 Å². The molecule has 0 aromatic carbocycles. The average Bonchev–Trinajstić information content (AvgIpc) is 3.01. The van der Waals surface area contributed by atoms with Crippen LogP contribution in [-0.2, 0) is 0 Å². The van der Waals surface area contributed by atoms with Gasteiger partial charge in [-0.1, -0.05) is 52.7 Å². The summed E-state index contributed by atoms with van der Waals surface area (Å²) in [7, 11) is 0. The maximum absolute atomic E-state index is 10.9. The number of fused-ring (bicyclic) bond motifs is 4. The zero-order valence-electron chi connectivity index (χ0n) is 23.1. The predicted octanol–water partition coefficient (Wildman–Crippen LogP) is 5.62. The van der Waals surface area contributed by atoms with E-state index in [1.165, 1.54) is 19.3 Å². The summed E-state index contributed by atoms with van der Waals surface area (Å²) in [5, 5.41) is 42.3. The van der Waals surface area contributed by atoms with Gasteiger partial charge in [0.1, 0.15) is 0 Å². The molecule has 4 aliphatic rings. The Hall–Kier alpha value is -0.420. The number of aliphatic hydroxyl groups excluding tert-OH is 3. The van der Waals surface area contributed by atoms with E-state index in [1.54, 1.807) is 25.0 Å². The lowest BCUT2D eigenvalue weighted by atomic mass is 9.43. The summed E-state index contributed by atoms with van der Waals surface area (Å²) >= 11 is 0. The van der Waals surface area contributed by atoms with E-state index in [1.807, 2.05) is 0 Å². The summed E-state index contributed by atoms with van der Waals surface area (Å²) in [5.74, 6) is 1.55. The van der Waals surface area contributed by atoms with Gasteiger partial charge in [-0.2, -0.15) is 0 Å². The molecule has 0 spiro atoms. The third-order valence-corrected chi connectivity index (χ3v) is 12.2. The van der Waals surface area contributed by atoms with E-state index in [4.69, 9.17) is 0 Å². The Morgan fingerprint density at radius 1 is 0.941 bits per heavy atom. The highest BCUT2D eigenvalue weighted by Gasteiger charge is 2.64. The first-order valence-electron chi connectivity index (χ1n) is 14.0. The molecular weight excluding hydrogens is 424 g/mol. The fraction of sp³-hybridized carbons (Fsp3) is 0.933. The average molecular weight is 477 g/mol. The molecule has 2 saturated carbocycles. The standard InChI is InChI=1S/C30H52O4/c1-18(9-12-24(32)27(4,5)34)19-13-15-30(8)21-10-11-23-26(2,3)25(33)22(31)17-28(23,6)20(21)14-16-29(19,30)7/h18-19,22-25,31-34H,9-17H2,1-8H3/t18-,19-,22-,23+,24+,25+,28-,29-,30+/m1/s1. The molecule has 196 valence electrons. The Morgan fingerprint density at radius 3 is 2.21 bits per heavy atom. The number of allylic oxidation sites excluding steroid dienone is 2. The highest BCUT2D eigenvalue weighted by atomic mass is 16.3. The molecule has 0 saturated heterocycles. The lowest BCUT2D eigenvalue weighted by molar-refractivity contribution is -0.158. The molecule has 4 nitrogen and oxygen atoms in total. The largest absolute Gasteiger partial charge is 0.390 e. The Balaban J connectivity index is 1.62. The molecule has 4 aliphatic carbocycles. The number of aliphatic hydroxyl groups is 4. The third kappa shape index (κ3) is 3.68. The first kappa shape index (κ1) is 26.6. The van der Waals surface area contributed by atoms with Gasteiger partial charge in [-0.25, -0.2) is 0 Å². The molecule has 4 rings (SSSR count). The third-order valence-electron chi connectivity index (χ3n) is 12.2. The molecule has 0 aliphatic heterocycles. The van der Waals surface area contributed by atoms with Gasteiger partial charge in [0.25, 0.3) is 0 Å². The number of hydrogen-bond acceptors (Lipinski definition) is 4. The van der Waals surface area contributed by atoms with Gasteiger partial charge >= 0.3 is 0 Å². The van der Waals surface area contributed by atoms with Crippen LogP contribution in [0.3, 0.4) is 0 Å². The van der Waals surface area contributed by atoms with E-state index in [9.17, 15) is 20.4 Å². The Morgan fingerprint density at radius 2 is 1.59 bits per heavy atom. The molecule has 4 N–H and O–H groups in total. The van der Waals surface area contributed by atoms with Gasteiger partial charge in [-0.3, -0.25) is 0 Å². The Labute approximate surface area is 208 Å². The summed E-state index contributed by atoms with van der Waals surface area (Å²) in [6.45, 7) is 17.6. The van der Waals surface area contributed by atoms with Gasteiger partial charge in [0, 0.05) is 0 Å². The van der Waals surface area contributed by atoms with Crippen molar-refractivity contribution < 1.29 is 20.4 Å². The smallest absolute Gasteiger partial charge is 0.0853 e. The monoisotopic (exact) mass is 476 g/mol. The second-order valence-electron chi connectivity index (χ2n) is 14.6. The van der Waals surface area contributed by atoms with E-state index < -0.39 is 23.9 Å². The fourth-order valence-corrected chi connectivity index (χ4v) is 9.75. The van der Waals surface area contributed by atoms with Crippen LogP contribution in [0.4, 0.5) is 0 Å². The van der Waals surface area contributed by atoms with E-state index in [-0.39, 0.29) is 21.7 Å². The van der Waals surface area contributed by atoms with Gasteiger partial charge in [0.15, 0.2) is 0 Å². The van der Waals surface area contributed by atoms with Crippen molar-refractivity contribution in [1.29, 1.82) is 0 Å². The molecule has 9 atom stereocenters. The first-order chi connectivity index (χ1) is 15.5. The van der Waals surface area contributed by atoms with Crippen LogP contribution in [0.2, 0.25) is 0 Å². The summed E-state index contributed by atoms with van der Waals surface area (Å²) in [5.41, 5.74) is 2.39. The van der Waals surface area contributed by atoms with Crippen LogP contribution in [0, 0.1) is 39.4 Å². The van der Waals surface area contributed by atoms with E-state index in [2.05, 4.69) is 41.5 Å². The van der Waals surface area contributed by atoms with Crippen molar-refractivity contribution in [3.8, 4) is 0 Å². The van der Waals surface area contributed by atoms with E-state index in [0.717, 1.165) is 25.7 Å². The van der Waals surface area contributed by atoms with Crippen LogP contribution in [-0.4, -0.2) is 44.3 Å². The molecule has 0 aromatic rings. The summed E-state index contributed by atoms with van der Waals surface area (Å²) in [6.07, 6.45) is 7.30. The Kier molecular flexibility index (Phi) is 6.50. The Bertz CT molecular complexity index is 824. The molecule has 0 aromatic heterocycles. The maximum Gasteiger partial charge on any atom is 0.0853 e. The van der Waals surface area contributed by atoms with Crippen molar-refractivity contribution in [2.24, 2.45) is 39.4 Å². The van der Waals surface area contributed by atoms with E-state index in [0.29, 0.717) is 30.6 Å². The van der Waals surface area contributed by atoms with Crippen LogP contribution in [0.15, 0.2) is 11.1 Å². The normalized spacial score (nSPS) is 45.9. The molecule has 0 unspecified atom stereocenters. The van der Waals surface area contributed by atoms with Crippen molar-refractivity contribution >= 4 is 0 Å². The molecule has 2 fully saturated rings. The summed E-state index contributed by atoms with van der Waals surface area (Å²) in [6, 6.07) is 0. The number of hydrogen-bond donors (Lipinski definition) is 4. The zero-order chi connectivity index (χ0) is 25.5. The fourth-order valence-electron chi connectivity index (χ4n) is 9.75. The molecule has 34 heavy (non-hydrogen) atoms. The molecular formula is C30H52O4. The molecule has 4 heteroatoms. The lowest BCUT2D eigenvalue weighted by Crippen LogP contribution is -2.59. The summed E-state index contributed by atoms with van der Waals surface area (Å²) < 4.78 is 0. The highest BCUT2D eigenvalue weighted by Crippen LogP contribution is 2.72. The minimum atomic E-state index is -1.04. The minimum Gasteiger partial charge on any atom is -0.390 e. The van der Waals surface area contributed by atoms with Gasteiger partial charge in [0.05, 0.1) is 23.9 Å². The van der Waals surface area contributed by atoms with Crippen molar-refractivity contribution in [2.75, 3.05) is 0 Å². The van der Waals surface area contributed by atoms with Crippen LogP contribution in [0.25, 0.3) is 0 Å². The molecule has 0 heterocycles. The SMILES string of the molecule is C[C@H](CC[C@H](O)C(C)(C)O)[C@H]1CC[C@@]2(C)C3=C(CC[C@]12C)[C@@]1(C)C[C@@H](O)[C@H](O)C(C)(C)[C@@H]1CC3. The van der Waals surface area contributed by atoms with Crippen LogP contribution < -0.4 is 0 Å². The lowest BCUT2D eigenvalue weighted by Gasteiger charge is -2.63. The maximum atomic E-state index is 10.9. The highest BCUT2D eigenvalue weighted by molar-refractivity contribution is 5.39. The first-order valence-corrected chi connectivity index (χ1v) is 14.0. The van der Waals surface area contributed by atoms with Gasteiger partial charge in [-0.05, 0) is 111 Å². The molecule has 0 amide bonds. The second-order valence-corrected chi connectivity index (χ2v) is 14.6. The zero-order valence-corrected chi connectivity index (χ0v) is 23.1. The van der Waals surface area contributed by atoms with Crippen LogP contribution in [0.1, 0.15) is 113 Å². The van der Waals surface area contributed by atoms with Crippen LogP contribution in [0.5, 0.6) is 0 Å². The predicted molar refractivity (Wildman–Crippen MR) is 137 cm³/mol. The second kappa shape index (κ2) is 8.30. The summed E-state index contributed by atoms with van der Waals surface area (Å²) in [4.78, 5) is 0. The minimum absolute atomic E-state index is 0.0272. The molecule has 0 radical (unpaired) electrons. The van der Waals surface area contributed by atoms with Crippen molar-refractivity contribution in [3.63, 3.8) is 0 Å². The van der Waals surface area contributed by atoms with Crippen molar-refractivity contribution in [1.82, 2.24) is 0 Å². The van der Waals surface area contributed by atoms with Gasteiger partial charge in [-0.15, -0.1) is 0 Å². The van der Waals surface area contributed by atoms with Crippen molar-refractivity contribution in [2.45, 2.75) is 137 Å². The van der Waals surface area contributed by atoms with E-state index >= 15 is 0 Å². The molecule has 0 bridgehead atoms. The van der Waals surface area contributed by atoms with Gasteiger partial charge < -0.3 is 20.4 Å². The topological polar surface area (TPSA) is 80.9 Å².